The molecular weight excluding hydrogens is 312 g/mol. The lowest BCUT2D eigenvalue weighted by Gasteiger charge is -2.04. The van der Waals surface area contributed by atoms with Crippen molar-refractivity contribution in [2.75, 3.05) is 6.61 Å². The third kappa shape index (κ3) is 2.65. The summed E-state index contributed by atoms with van der Waals surface area (Å²) >= 11 is 8.24. The van der Waals surface area contributed by atoms with Gasteiger partial charge in [0, 0.05) is 6.42 Å². The molecule has 0 aliphatic carbocycles. The number of aromatic nitrogens is 2. The van der Waals surface area contributed by atoms with Crippen molar-refractivity contribution < 1.29 is 9.53 Å². The molecule has 0 unspecified atom stereocenters. The van der Waals surface area contributed by atoms with Gasteiger partial charge in [0.15, 0.2) is 8.29 Å². The molecule has 1 aliphatic heterocycles. The minimum Gasteiger partial charge on any atom is -0.465 e. The van der Waals surface area contributed by atoms with Crippen LogP contribution in [-0.4, -0.2) is 27.6 Å². The van der Waals surface area contributed by atoms with E-state index in [1.54, 1.807) is 4.68 Å². The van der Waals surface area contributed by atoms with Crippen LogP contribution in [0.5, 0.6) is 0 Å². The normalized spacial score (nSPS) is 18.2. The first-order valence-corrected chi connectivity index (χ1v) is 8.25. The maximum absolute atomic E-state index is 11.5. The average Bonchev–Trinajstić information content (AvgIpc) is 2.98. The number of hydrogen-bond acceptors (Lipinski definition) is 6. The molecule has 0 spiro atoms. The lowest BCUT2D eigenvalue weighted by atomic mass is 10.2. The molecule has 4 nitrogen and oxygen atoms in total. The Balaban J connectivity index is 1.90. The standard InChI is InChI=1S/C13H12N2O2S3/c1-8-4-2-3-5-9(8)15-13(18)20-12(14-15)19-10-6-7-17-11(10)16/h2-5,10H,6-7H2,1H3/t10-/m1/s1. The Morgan fingerprint density at radius 3 is 3.00 bits per heavy atom. The number of carbonyl (C=O) groups excluding carboxylic acids is 1. The van der Waals surface area contributed by atoms with Crippen LogP contribution in [-0.2, 0) is 9.53 Å². The van der Waals surface area contributed by atoms with E-state index in [0.29, 0.717) is 10.6 Å². The molecule has 20 heavy (non-hydrogen) atoms. The van der Waals surface area contributed by atoms with Gasteiger partial charge in [-0.15, -0.1) is 5.10 Å². The van der Waals surface area contributed by atoms with Gasteiger partial charge in [-0.1, -0.05) is 41.3 Å². The van der Waals surface area contributed by atoms with E-state index < -0.39 is 0 Å². The van der Waals surface area contributed by atoms with Crippen LogP contribution >= 0.6 is 35.3 Å². The number of benzene rings is 1. The molecule has 2 aromatic rings. The van der Waals surface area contributed by atoms with E-state index >= 15 is 0 Å². The molecular formula is C13H12N2O2S3. The minimum atomic E-state index is -0.154. The zero-order valence-electron chi connectivity index (χ0n) is 10.7. The summed E-state index contributed by atoms with van der Waals surface area (Å²) in [6, 6.07) is 7.96. The topological polar surface area (TPSA) is 44.1 Å². The number of rotatable bonds is 3. The molecule has 2 heterocycles. The largest absolute Gasteiger partial charge is 0.465 e. The first kappa shape index (κ1) is 13.8. The van der Waals surface area contributed by atoms with Gasteiger partial charge in [-0.2, -0.15) is 0 Å². The Hall–Kier alpha value is -1.18. The maximum Gasteiger partial charge on any atom is 0.319 e. The number of ether oxygens (including phenoxy) is 1. The third-order valence-electron chi connectivity index (χ3n) is 3.00. The highest BCUT2D eigenvalue weighted by atomic mass is 32.2. The highest BCUT2D eigenvalue weighted by Gasteiger charge is 2.28. The van der Waals surface area contributed by atoms with Crippen molar-refractivity contribution in [1.82, 2.24) is 9.78 Å². The number of thioether (sulfide) groups is 1. The molecule has 1 saturated heterocycles. The van der Waals surface area contributed by atoms with Gasteiger partial charge in [-0.3, -0.25) is 4.79 Å². The van der Waals surface area contributed by atoms with Gasteiger partial charge in [-0.05, 0) is 30.8 Å². The van der Waals surface area contributed by atoms with Gasteiger partial charge < -0.3 is 4.74 Å². The van der Waals surface area contributed by atoms with Crippen LogP contribution in [0.2, 0.25) is 0 Å². The number of esters is 1. The van der Waals surface area contributed by atoms with Gasteiger partial charge in [0.1, 0.15) is 5.25 Å². The molecule has 0 N–H and O–H groups in total. The predicted molar refractivity (Wildman–Crippen MR) is 82.2 cm³/mol. The van der Waals surface area contributed by atoms with Crippen molar-refractivity contribution >= 4 is 41.3 Å². The van der Waals surface area contributed by atoms with Crippen molar-refractivity contribution in [3.63, 3.8) is 0 Å². The van der Waals surface area contributed by atoms with Crippen LogP contribution in [0.25, 0.3) is 5.69 Å². The predicted octanol–water partition coefficient (Wildman–Crippen LogP) is 3.38. The van der Waals surface area contributed by atoms with E-state index in [0.717, 1.165) is 22.0 Å². The van der Waals surface area contributed by atoms with Gasteiger partial charge in [-0.25, -0.2) is 4.68 Å². The maximum atomic E-state index is 11.5. The molecule has 7 heteroatoms. The molecule has 104 valence electrons. The molecule has 0 saturated carbocycles. The smallest absolute Gasteiger partial charge is 0.319 e. The molecule has 0 bridgehead atoms. The number of aryl methyl sites for hydroxylation is 1. The lowest BCUT2D eigenvalue weighted by Crippen LogP contribution is -2.09. The molecule has 0 radical (unpaired) electrons. The second kappa shape index (κ2) is 5.67. The fourth-order valence-electron chi connectivity index (χ4n) is 1.97. The number of carbonyl (C=O) groups is 1. The van der Waals surface area contributed by atoms with Crippen LogP contribution in [0.1, 0.15) is 12.0 Å². The van der Waals surface area contributed by atoms with Gasteiger partial charge >= 0.3 is 5.97 Å². The van der Waals surface area contributed by atoms with Crippen LogP contribution in [0.15, 0.2) is 28.6 Å². The molecule has 0 amide bonds. The van der Waals surface area contributed by atoms with Crippen LogP contribution < -0.4 is 0 Å². The number of hydrogen-bond donors (Lipinski definition) is 0. The van der Waals surface area contributed by atoms with Crippen molar-refractivity contribution in [1.29, 1.82) is 0 Å². The Labute approximate surface area is 129 Å². The van der Waals surface area contributed by atoms with Crippen molar-refractivity contribution in [2.45, 2.75) is 22.9 Å². The monoisotopic (exact) mass is 324 g/mol. The van der Waals surface area contributed by atoms with Gasteiger partial charge in [0.2, 0.25) is 0 Å². The van der Waals surface area contributed by atoms with E-state index in [-0.39, 0.29) is 11.2 Å². The first-order chi connectivity index (χ1) is 9.65. The molecule has 1 fully saturated rings. The Kier molecular flexibility index (Phi) is 3.91. The van der Waals surface area contributed by atoms with Crippen molar-refractivity contribution in [3.05, 3.63) is 33.8 Å². The summed E-state index contributed by atoms with van der Waals surface area (Å²) in [6.07, 6.45) is 0.736. The van der Waals surface area contributed by atoms with Crippen molar-refractivity contribution in [2.24, 2.45) is 0 Å². The summed E-state index contributed by atoms with van der Waals surface area (Å²) in [5, 5.41) is 4.37. The summed E-state index contributed by atoms with van der Waals surface area (Å²) in [7, 11) is 0. The third-order valence-corrected chi connectivity index (χ3v) is 5.56. The van der Waals surface area contributed by atoms with E-state index in [1.165, 1.54) is 23.1 Å². The van der Waals surface area contributed by atoms with Gasteiger partial charge in [0.25, 0.3) is 0 Å². The quantitative estimate of drug-likeness (QED) is 0.640. The molecule has 1 aromatic heterocycles. The van der Waals surface area contributed by atoms with E-state index in [1.807, 2.05) is 31.2 Å². The van der Waals surface area contributed by atoms with Crippen LogP contribution in [0.4, 0.5) is 0 Å². The van der Waals surface area contributed by atoms with E-state index in [9.17, 15) is 4.79 Å². The summed E-state index contributed by atoms with van der Waals surface area (Å²) in [6.45, 7) is 2.53. The molecule has 3 rings (SSSR count). The van der Waals surface area contributed by atoms with Crippen molar-refractivity contribution in [3.8, 4) is 5.69 Å². The fourth-order valence-corrected chi connectivity index (χ4v) is 4.53. The zero-order chi connectivity index (χ0) is 14.1. The number of nitrogens with zero attached hydrogens (tertiary/aromatic N) is 2. The highest BCUT2D eigenvalue weighted by molar-refractivity contribution is 8.02. The van der Waals surface area contributed by atoms with E-state index in [4.69, 9.17) is 17.0 Å². The molecule has 1 atom stereocenters. The van der Waals surface area contributed by atoms with E-state index in [2.05, 4.69) is 5.10 Å². The highest BCUT2D eigenvalue weighted by Crippen LogP contribution is 2.32. The average molecular weight is 324 g/mol. The van der Waals surface area contributed by atoms with Crippen LogP contribution in [0, 0.1) is 10.9 Å². The second-order valence-electron chi connectivity index (χ2n) is 4.39. The zero-order valence-corrected chi connectivity index (χ0v) is 13.2. The Morgan fingerprint density at radius 1 is 1.50 bits per heavy atom. The summed E-state index contributed by atoms with van der Waals surface area (Å²) < 4.78 is 8.22. The lowest BCUT2D eigenvalue weighted by molar-refractivity contribution is -0.137. The van der Waals surface area contributed by atoms with Crippen LogP contribution in [0.3, 0.4) is 0 Å². The fraction of sp³-hybridized carbons (Fsp3) is 0.308. The minimum absolute atomic E-state index is 0.152. The molecule has 1 aliphatic rings. The molecule has 1 aromatic carbocycles. The Bertz CT molecular complexity index is 708. The summed E-state index contributed by atoms with van der Waals surface area (Å²) in [5.41, 5.74) is 2.10. The number of para-hydroxylation sites is 1. The van der Waals surface area contributed by atoms with Gasteiger partial charge in [0.05, 0.1) is 12.3 Å². The SMILES string of the molecule is Cc1ccccc1-n1nc(S[C@@H]2CCOC2=O)sc1=S. The summed E-state index contributed by atoms with van der Waals surface area (Å²) in [5.74, 6) is -0.154. The number of cyclic esters (lactones) is 1. The first-order valence-electron chi connectivity index (χ1n) is 6.14. The Morgan fingerprint density at radius 2 is 2.30 bits per heavy atom. The summed E-state index contributed by atoms with van der Waals surface area (Å²) in [4.78, 5) is 11.5. The second-order valence-corrected chi connectivity index (χ2v) is 7.47.